The fourth-order valence-electron chi connectivity index (χ4n) is 3.98. The average Bonchev–Trinajstić information content (AvgIpc) is 2.94. The number of benzene rings is 4. The van der Waals surface area contributed by atoms with Gasteiger partial charge in [-0.2, -0.15) is 4.99 Å². The van der Waals surface area contributed by atoms with E-state index in [-0.39, 0.29) is 0 Å². The number of fused-ring (bicyclic) bond motifs is 1. The highest BCUT2D eigenvalue weighted by Gasteiger charge is 2.01. The second-order valence-corrected chi connectivity index (χ2v) is 8.94. The van der Waals surface area contributed by atoms with Crippen LogP contribution in [-0.4, -0.2) is 11.8 Å². The lowest BCUT2D eigenvalue weighted by Gasteiger charge is -2.07. The second kappa shape index (κ2) is 13.2. The second-order valence-electron chi connectivity index (χ2n) is 8.75. The Hall–Kier alpha value is -4.14. The Morgan fingerprint density at radius 2 is 1.38 bits per heavy atom. The molecule has 37 heavy (non-hydrogen) atoms. The number of hydrogen-bond acceptors (Lipinski definition) is 3. The quantitative estimate of drug-likeness (QED) is 0.110. The van der Waals surface area contributed by atoms with E-state index in [9.17, 15) is 0 Å². The van der Waals surface area contributed by atoms with Crippen LogP contribution < -0.4 is 4.74 Å². The molecule has 0 aromatic heterocycles. The molecule has 0 N–H and O–H groups in total. The van der Waals surface area contributed by atoms with Crippen molar-refractivity contribution in [2.75, 3.05) is 6.61 Å². The smallest absolute Gasteiger partial charge is 0.119 e. The van der Waals surface area contributed by atoms with E-state index in [4.69, 9.17) is 4.74 Å². The Kier molecular flexibility index (Phi) is 9.29. The molecular formula is C34H29NOS. The molecule has 4 aromatic rings. The van der Waals surface area contributed by atoms with Gasteiger partial charge < -0.3 is 4.74 Å². The van der Waals surface area contributed by atoms with Gasteiger partial charge in [0.2, 0.25) is 0 Å². The van der Waals surface area contributed by atoms with Crippen LogP contribution in [-0.2, 0) is 6.42 Å². The van der Waals surface area contributed by atoms with Crippen molar-refractivity contribution >= 4 is 33.8 Å². The summed E-state index contributed by atoms with van der Waals surface area (Å²) in [6.45, 7) is 5.11. The van der Waals surface area contributed by atoms with Crippen LogP contribution >= 0.6 is 12.2 Å². The lowest BCUT2D eigenvalue weighted by Crippen LogP contribution is -1.96. The first-order valence-electron chi connectivity index (χ1n) is 12.7. The Bertz CT molecular complexity index is 1560. The molecule has 0 bridgehead atoms. The molecule has 0 fully saturated rings. The number of thiocarbonyl (C=S) groups is 1. The minimum absolute atomic E-state index is 0.768. The van der Waals surface area contributed by atoms with Gasteiger partial charge in [-0.25, -0.2) is 0 Å². The molecule has 3 heteroatoms. The molecule has 4 rings (SSSR count). The van der Waals surface area contributed by atoms with Crippen LogP contribution in [0.4, 0.5) is 5.69 Å². The Balaban J connectivity index is 1.48. The molecule has 0 amide bonds. The summed E-state index contributed by atoms with van der Waals surface area (Å²) in [5.41, 5.74) is 5.90. The van der Waals surface area contributed by atoms with Crippen molar-refractivity contribution < 1.29 is 4.74 Å². The van der Waals surface area contributed by atoms with E-state index in [0.29, 0.717) is 0 Å². The summed E-state index contributed by atoms with van der Waals surface area (Å²) < 4.78 is 5.89. The van der Waals surface area contributed by atoms with E-state index < -0.39 is 0 Å². The number of hydrogen-bond donors (Lipinski definition) is 0. The first-order chi connectivity index (χ1) is 18.2. The van der Waals surface area contributed by atoms with Crippen LogP contribution in [0.1, 0.15) is 60.9 Å². The average molecular weight is 500 g/mol. The van der Waals surface area contributed by atoms with Crippen LogP contribution in [0.5, 0.6) is 5.75 Å². The Labute approximate surface area is 225 Å². The monoisotopic (exact) mass is 499 g/mol. The third-order valence-electron chi connectivity index (χ3n) is 6.05. The van der Waals surface area contributed by atoms with Crippen LogP contribution in [0.15, 0.2) is 83.9 Å². The molecule has 4 aromatic carbocycles. The number of aliphatic imine (C=N–C) groups is 1. The standard InChI is InChI=1S/C34H29NOS/c1-3-5-6-21-36-34-20-17-31-23-28(11-16-32(31)24-34)8-7-27-10-15-30(29(4-2)22-27)14-9-26-12-18-33(19-13-26)35-25-37/h10-13,15-20,22-24H,3-6,21H2,1-2H3. The van der Waals surface area contributed by atoms with E-state index in [1.54, 1.807) is 0 Å². The van der Waals surface area contributed by atoms with Crippen LogP contribution in [0, 0.1) is 23.7 Å². The molecule has 0 aliphatic heterocycles. The van der Waals surface area contributed by atoms with E-state index in [1.165, 1.54) is 18.4 Å². The summed E-state index contributed by atoms with van der Waals surface area (Å²) in [5, 5.41) is 4.70. The predicted molar refractivity (Wildman–Crippen MR) is 158 cm³/mol. The van der Waals surface area contributed by atoms with Gasteiger partial charge in [-0.05, 0) is 108 Å². The summed E-state index contributed by atoms with van der Waals surface area (Å²) in [7, 11) is 0. The molecule has 0 aliphatic carbocycles. The van der Waals surface area contributed by atoms with Gasteiger partial charge >= 0.3 is 0 Å². The van der Waals surface area contributed by atoms with Crippen molar-refractivity contribution in [2.24, 2.45) is 4.99 Å². The van der Waals surface area contributed by atoms with E-state index in [2.05, 4.69) is 102 Å². The fraction of sp³-hybridized carbons (Fsp3) is 0.206. The highest BCUT2D eigenvalue weighted by molar-refractivity contribution is 7.78. The van der Waals surface area contributed by atoms with E-state index in [1.807, 2.05) is 36.4 Å². The molecule has 0 saturated heterocycles. The van der Waals surface area contributed by atoms with Gasteiger partial charge in [0.15, 0.2) is 0 Å². The molecule has 0 radical (unpaired) electrons. The van der Waals surface area contributed by atoms with Gasteiger partial charge in [0.1, 0.15) is 5.75 Å². The SMILES string of the molecule is CCCCCOc1ccc2cc(C#Cc3ccc(C#Cc4ccc(N=C=S)cc4)c(CC)c3)ccc2c1. The first-order valence-corrected chi connectivity index (χ1v) is 13.1. The van der Waals surface area contributed by atoms with Crippen LogP contribution in [0.3, 0.4) is 0 Å². The largest absolute Gasteiger partial charge is 0.494 e. The van der Waals surface area contributed by atoms with Gasteiger partial charge in [0, 0.05) is 22.3 Å². The first kappa shape index (κ1) is 25.9. The Morgan fingerprint density at radius 1 is 0.703 bits per heavy atom. The van der Waals surface area contributed by atoms with Crippen molar-refractivity contribution in [3.63, 3.8) is 0 Å². The summed E-state index contributed by atoms with van der Waals surface area (Å²) in [6, 6.07) is 26.5. The summed E-state index contributed by atoms with van der Waals surface area (Å²) in [4.78, 5) is 3.97. The summed E-state index contributed by atoms with van der Waals surface area (Å²) >= 11 is 4.65. The molecule has 182 valence electrons. The number of unbranched alkanes of at least 4 members (excludes halogenated alkanes) is 2. The topological polar surface area (TPSA) is 21.6 Å². The third kappa shape index (κ3) is 7.42. The van der Waals surface area contributed by atoms with Crippen molar-refractivity contribution in [2.45, 2.75) is 39.5 Å². The van der Waals surface area contributed by atoms with Crippen molar-refractivity contribution in [1.82, 2.24) is 0 Å². The molecule has 0 unspecified atom stereocenters. The number of aryl methyl sites for hydroxylation is 1. The minimum atomic E-state index is 0.768. The van der Waals surface area contributed by atoms with Gasteiger partial charge in [-0.1, -0.05) is 62.5 Å². The van der Waals surface area contributed by atoms with Gasteiger partial charge in [-0.3, -0.25) is 0 Å². The van der Waals surface area contributed by atoms with Crippen LogP contribution in [0.25, 0.3) is 10.8 Å². The van der Waals surface area contributed by atoms with Crippen LogP contribution in [0.2, 0.25) is 0 Å². The summed E-state index contributed by atoms with van der Waals surface area (Å²) in [5.74, 6) is 14.1. The van der Waals surface area contributed by atoms with Gasteiger partial charge in [0.25, 0.3) is 0 Å². The molecule has 2 nitrogen and oxygen atoms in total. The third-order valence-corrected chi connectivity index (χ3v) is 6.14. The zero-order valence-corrected chi connectivity index (χ0v) is 22.1. The zero-order chi connectivity index (χ0) is 25.9. The maximum atomic E-state index is 5.89. The van der Waals surface area contributed by atoms with Crippen molar-refractivity contribution in [1.29, 1.82) is 0 Å². The molecule has 0 saturated carbocycles. The molecule has 0 heterocycles. The highest BCUT2D eigenvalue weighted by atomic mass is 32.1. The van der Waals surface area contributed by atoms with Crippen molar-refractivity contribution in [3.05, 3.63) is 107 Å². The lowest BCUT2D eigenvalue weighted by molar-refractivity contribution is 0.306. The maximum absolute atomic E-state index is 5.89. The zero-order valence-electron chi connectivity index (χ0n) is 21.3. The highest BCUT2D eigenvalue weighted by Crippen LogP contribution is 2.22. The lowest BCUT2D eigenvalue weighted by atomic mass is 10.0. The summed E-state index contributed by atoms with van der Waals surface area (Å²) in [6.07, 6.45) is 4.38. The molecule has 0 aliphatic rings. The molecule has 0 spiro atoms. The van der Waals surface area contributed by atoms with Gasteiger partial charge in [0.05, 0.1) is 17.5 Å². The fourth-order valence-corrected chi connectivity index (χ4v) is 4.08. The molecular weight excluding hydrogens is 470 g/mol. The minimum Gasteiger partial charge on any atom is -0.494 e. The van der Waals surface area contributed by atoms with E-state index >= 15 is 0 Å². The number of ether oxygens (including phenoxy) is 1. The predicted octanol–water partition coefficient (Wildman–Crippen LogP) is 8.51. The number of isothiocyanates is 1. The number of nitrogens with zero attached hydrogens (tertiary/aromatic N) is 1. The molecule has 0 atom stereocenters. The van der Waals surface area contributed by atoms with Gasteiger partial charge in [-0.15, -0.1) is 0 Å². The van der Waals surface area contributed by atoms with E-state index in [0.717, 1.165) is 63.9 Å². The van der Waals surface area contributed by atoms with Crippen molar-refractivity contribution in [3.8, 4) is 29.4 Å². The number of rotatable bonds is 7. The Morgan fingerprint density at radius 3 is 2.14 bits per heavy atom. The maximum Gasteiger partial charge on any atom is 0.119 e. The normalized spacial score (nSPS) is 10.0.